The van der Waals surface area contributed by atoms with Crippen molar-refractivity contribution in [3.8, 4) is 0 Å². The van der Waals surface area contributed by atoms with Gasteiger partial charge in [0.05, 0.1) is 6.61 Å². The van der Waals surface area contributed by atoms with Gasteiger partial charge in [-0.05, 0) is 23.1 Å². The van der Waals surface area contributed by atoms with Crippen molar-refractivity contribution in [2.24, 2.45) is 0 Å². The van der Waals surface area contributed by atoms with E-state index in [9.17, 15) is 9.59 Å². The number of nitrogens with one attached hydrogen (secondary N) is 1. The molecule has 0 spiro atoms. The Kier molecular flexibility index (Phi) is 9.67. The zero-order chi connectivity index (χ0) is 23.3. The summed E-state index contributed by atoms with van der Waals surface area (Å²) in [6, 6.07) is 29.0. The number of amides is 2. The molecule has 2 amide bonds. The van der Waals surface area contributed by atoms with Crippen LogP contribution in [0, 0.1) is 0 Å². The lowest BCUT2D eigenvalue weighted by molar-refractivity contribution is -0.141. The van der Waals surface area contributed by atoms with E-state index in [1.165, 1.54) is 0 Å². The molecule has 3 rings (SSSR count). The summed E-state index contributed by atoms with van der Waals surface area (Å²) in [5, 5.41) is 2.94. The third-order valence-corrected chi connectivity index (χ3v) is 5.54. The molecule has 0 aliphatic rings. The summed E-state index contributed by atoms with van der Waals surface area (Å²) in [7, 11) is 1.60. The van der Waals surface area contributed by atoms with E-state index in [2.05, 4.69) is 5.32 Å². The molecule has 0 aromatic heterocycles. The fraction of sp³-hybridized carbons (Fsp3) is 0.286. The van der Waals surface area contributed by atoms with Gasteiger partial charge in [0.15, 0.2) is 0 Å². The Labute approximate surface area is 196 Å². The molecular formula is C28H32N2O3. The van der Waals surface area contributed by atoms with E-state index >= 15 is 0 Å². The standard InChI is InChI=1S/C28H32N2O3/c1-33-20-19-29-28(32)26(21-24-13-7-3-8-14-24)30(22-25-15-9-4-10-16-25)27(31)18-17-23-11-5-2-6-12-23/h2-16,26H,17-22H2,1H3,(H,29,32). The number of benzene rings is 3. The lowest BCUT2D eigenvalue weighted by Crippen LogP contribution is -2.51. The molecule has 0 saturated carbocycles. The summed E-state index contributed by atoms with van der Waals surface area (Å²) in [5.74, 6) is -0.203. The number of carbonyl (C=O) groups is 2. The Morgan fingerprint density at radius 1 is 0.818 bits per heavy atom. The Morgan fingerprint density at radius 2 is 1.36 bits per heavy atom. The van der Waals surface area contributed by atoms with Crippen LogP contribution in [-0.2, 0) is 33.7 Å². The predicted octanol–water partition coefficient (Wildman–Crippen LogP) is 4.02. The summed E-state index contributed by atoms with van der Waals surface area (Å²) < 4.78 is 5.09. The molecule has 5 heteroatoms. The van der Waals surface area contributed by atoms with Gasteiger partial charge in [0.1, 0.15) is 6.04 Å². The highest BCUT2D eigenvalue weighted by Gasteiger charge is 2.30. The van der Waals surface area contributed by atoms with Gasteiger partial charge in [-0.2, -0.15) is 0 Å². The van der Waals surface area contributed by atoms with E-state index in [0.29, 0.717) is 39.0 Å². The van der Waals surface area contributed by atoms with Crippen molar-refractivity contribution in [3.63, 3.8) is 0 Å². The minimum absolute atomic E-state index is 0.0365. The molecule has 5 nitrogen and oxygen atoms in total. The lowest BCUT2D eigenvalue weighted by Gasteiger charge is -2.31. The van der Waals surface area contributed by atoms with Gasteiger partial charge in [-0.3, -0.25) is 9.59 Å². The molecule has 3 aromatic carbocycles. The van der Waals surface area contributed by atoms with Gasteiger partial charge >= 0.3 is 0 Å². The van der Waals surface area contributed by atoms with Crippen LogP contribution in [0.25, 0.3) is 0 Å². The average Bonchev–Trinajstić information content (AvgIpc) is 2.86. The van der Waals surface area contributed by atoms with Crippen LogP contribution in [0.5, 0.6) is 0 Å². The first-order chi connectivity index (χ1) is 16.2. The van der Waals surface area contributed by atoms with E-state index in [0.717, 1.165) is 16.7 Å². The Bertz CT molecular complexity index is 978. The Balaban J connectivity index is 1.85. The van der Waals surface area contributed by atoms with Crippen molar-refractivity contribution < 1.29 is 14.3 Å². The van der Waals surface area contributed by atoms with E-state index in [1.807, 2.05) is 91.0 Å². The second-order valence-corrected chi connectivity index (χ2v) is 7.98. The van der Waals surface area contributed by atoms with Crippen LogP contribution in [0.2, 0.25) is 0 Å². The normalized spacial score (nSPS) is 11.5. The van der Waals surface area contributed by atoms with E-state index in [1.54, 1.807) is 12.0 Å². The molecule has 0 heterocycles. The molecule has 1 unspecified atom stereocenters. The van der Waals surface area contributed by atoms with Gasteiger partial charge in [-0.15, -0.1) is 0 Å². The topological polar surface area (TPSA) is 58.6 Å². The van der Waals surface area contributed by atoms with Crippen molar-refractivity contribution in [1.29, 1.82) is 0 Å². The van der Waals surface area contributed by atoms with Gasteiger partial charge in [0.2, 0.25) is 11.8 Å². The molecule has 0 aliphatic carbocycles. The van der Waals surface area contributed by atoms with Gasteiger partial charge < -0.3 is 15.0 Å². The minimum atomic E-state index is -0.618. The highest BCUT2D eigenvalue weighted by Crippen LogP contribution is 2.17. The molecular weight excluding hydrogens is 412 g/mol. The largest absolute Gasteiger partial charge is 0.383 e. The second-order valence-electron chi connectivity index (χ2n) is 7.98. The monoisotopic (exact) mass is 444 g/mol. The predicted molar refractivity (Wildman–Crippen MR) is 131 cm³/mol. The van der Waals surface area contributed by atoms with Crippen molar-refractivity contribution in [1.82, 2.24) is 10.2 Å². The molecule has 0 aliphatic heterocycles. The maximum atomic E-state index is 13.5. The van der Waals surface area contributed by atoms with Gasteiger partial charge in [0, 0.05) is 33.0 Å². The van der Waals surface area contributed by atoms with Crippen molar-refractivity contribution in [2.75, 3.05) is 20.3 Å². The van der Waals surface area contributed by atoms with Crippen molar-refractivity contribution in [2.45, 2.75) is 31.8 Å². The summed E-state index contributed by atoms with van der Waals surface area (Å²) in [5.41, 5.74) is 3.11. The van der Waals surface area contributed by atoms with Gasteiger partial charge in [-0.25, -0.2) is 0 Å². The average molecular weight is 445 g/mol. The fourth-order valence-corrected chi connectivity index (χ4v) is 3.77. The maximum Gasteiger partial charge on any atom is 0.243 e. The molecule has 0 fully saturated rings. The number of hydrogen-bond donors (Lipinski definition) is 1. The molecule has 0 bridgehead atoms. The van der Waals surface area contributed by atoms with Crippen molar-refractivity contribution in [3.05, 3.63) is 108 Å². The number of ether oxygens (including phenoxy) is 1. The number of nitrogens with zero attached hydrogens (tertiary/aromatic N) is 1. The van der Waals surface area contributed by atoms with Crippen molar-refractivity contribution >= 4 is 11.8 Å². The maximum absolute atomic E-state index is 13.5. The smallest absolute Gasteiger partial charge is 0.243 e. The van der Waals surface area contributed by atoms with Crippen LogP contribution in [0.15, 0.2) is 91.0 Å². The van der Waals surface area contributed by atoms with Crippen LogP contribution in [0.4, 0.5) is 0 Å². The first-order valence-corrected chi connectivity index (χ1v) is 11.3. The summed E-state index contributed by atoms with van der Waals surface area (Å²) >= 11 is 0. The fourth-order valence-electron chi connectivity index (χ4n) is 3.77. The number of carbonyl (C=O) groups excluding carboxylic acids is 2. The molecule has 33 heavy (non-hydrogen) atoms. The molecule has 1 atom stereocenters. The SMILES string of the molecule is COCCNC(=O)C(Cc1ccccc1)N(Cc1ccccc1)C(=O)CCc1ccccc1. The zero-order valence-corrected chi connectivity index (χ0v) is 19.2. The van der Waals surface area contributed by atoms with Crippen LogP contribution >= 0.6 is 0 Å². The Morgan fingerprint density at radius 3 is 1.94 bits per heavy atom. The van der Waals surface area contributed by atoms with Gasteiger partial charge in [-0.1, -0.05) is 91.0 Å². The molecule has 3 aromatic rings. The summed E-state index contributed by atoms with van der Waals surface area (Å²) in [6.07, 6.45) is 1.42. The number of methoxy groups -OCH3 is 1. The van der Waals surface area contributed by atoms with E-state index in [-0.39, 0.29) is 11.8 Å². The lowest BCUT2D eigenvalue weighted by atomic mass is 10.0. The third-order valence-electron chi connectivity index (χ3n) is 5.54. The first-order valence-electron chi connectivity index (χ1n) is 11.3. The summed E-state index contributed by atoms with van der Waals surface area (Å²) in [4.78, 5) is 28.5. The van der Waals surface area contributed by atoms with Crippen LogP contribution in [0.3, 0.4) is 0 Å². The first kappa shape index (κ1) is 24.2. The van der Waals surface area contributed by atoms with Gasteiger partial charge in [0.25, 0.3) is 0 Å². The molecule has 0 saturated heterocycles. The second kappa shape index (κ2) is 13.2. The third kappa shape index (κ3) is 7.88. The van der Waals surface area contributed by atoms with E-state index in [4.69, 9.17) is 4.74 Å². The van der Waals surface area contributed by atoms with E-state index < -0.39 is 6.04 Å². The van der Waals surface area contributed by atoms with Crippen LogP contribution in [0.1, 0.15) is 23.1 Å². The summed E-state index contributed by atoms with van der Waals surface area (Å²) in [6.45, 7) is 1.20. The van der Waals surface area contributed by atoms with Crippen LogP contribution in [-0.4, -0.2) is 43.0 Å². The number of rotatable bonds is 12. The molecule has 0 radical (unpaired) electrons. The highest BCUT2D eigenvalue weighted by molar-refractivity contribution is 5.88. The quantitative estimate of drug-likeness (QED) is 0.429. The molecule has 1 N–H and O–H groups in total. The number of hydrogen-bond acceptors (Lipinski definition) is 3. The zero-order valence-electron chi connectivity index (χ0n) is 19.2. The van der Waals surface area contributed by atoms with Crippen LogP contribution < -0.4 is 5.32 Å². The molecule has 172 valence electrons. The minimum Gasteiger partial charge on any atom is -0.383 e. The Hall–Kier alpha value is -3.44. The highest BCUT2D eigenvalue weighted by atomic mass is 16.5. The number of aryl methyl sites for hydroxylation is 1.